The van der Waals surface area contributed by atoms with Crippen LogP contribution in [0.1, 0.15) is 67.3 Å². The van der Waals surface area contributed by atoms with Crippen LogP contribution in [0.3, 0.4) is 0 Å². The average molecular weight is 698 g/mol. The summed E-state index contributed by atoms with van der Waals surface area (Å²) in [6.07, 6.45) is 0.0108. The Hall–Kier alpha value is -3.85. The van der Waals surface area contributed by atoms with E-state index in [-0.39, 0.29) is 10.3 Å². The molecule has 0 bridgehead atoms. The number of hydrogen-bond acceptors (Lipinski definition) is 4. The predicted octanol–water partition coefficient (Wildman–Crippen LogP) is 8.07. The van der Waals surface area contributed by atoms with Crippen molar-refractivity contribution in [2.45, 2.75) is 72.3 Å². The van der Waals surface area contributed by atoms with Crippen molar-refractivity contribution in [3.63, 3.8) is 0 Å². The van der Waals surface area contributed by atoms with E-state index in [1.165, 1.54) is 12.1 Å². The SMILES string of the molecule is CC[As](c1ccc(C#N)c(C(F)(F)F)c1)C1CCCC(O)(C2(C)CN(C(c3ccccc3)(c3ccccc3)c3ccccc3)C=N2)C1. The molecule has 0 radical (unpaired) electrons. The minimum atomic E-state index is -4.60. The number of rotatable bonds is 8. The summed E-state index contributed by atoms with van der Waals surface area (Å²) in [6, 6.07) is 37.1. The number of aliphatic hydroxyl groups is 1. The molecular weight excluding hydrogens is 658 g/mol. The van der Waals surface area contributed by atoms with Gasteiger partial charge in [0.1, 0.15) is 0 Å². The van der Waals surface area contributed by atoms with Gasteiger partial charge in [0.2, 0.25) is 0 Å². The maximum atomic E-state index is 13.9. The molecule has 1 N–H and O–H groups in total. The Bertz CT molecular complexity index is 1660. The third-order valence-electron chi connectivity index (χ3n) is 10.2. The van der Waals surface area contributed by atoms with Gasteiger partial charge >= 0.3 is 281 Å². The fraction of sp³-hybridized carbons (Fsp3) is 0.333. The van der Waals surface area contributed by atoms with Crippen molar-refractivity contribution in [3.8, 4) is 6.07 Å². The molecular formula is C39H39AsF3N3O. The van der Waals surface area contributed by atoms with Crippen molar-refractivity contribution in [1.29, 1.82) is 5.26 Å². The summed E-state index contributed by atoms with van der Waals surface area (Å²) >= 11 is -2.06. The molecule has 1 aliphatic heterocycles. The standard InChI is InChI=1S/C39H39AsF3N3O/c1-3-40(33-22-21-29(26-44)35(24-33)39(41,42)43)34-20-13-23-37(47,25-34)36(2)27-46(28-45-36)38(30-14-7-4-8-15-30,31-16-9-5-10-17-31)32-18-11-6-12-19-32/h4-12,14-19,21-22,24,28,34,47H,3,13,20,23,25,27H2,1-2H3. The average Bonchev–Trinajstić information content (AvgIpc) is 3.50. The van der Waals surface area contributed by atoms with Gasteiger partial charge in [0.25, 0.3) is 0 Å². The number of halogens is 3. The molecule has 1 aliphatic carbocycles. The quantitative estimate of drug-likeness (QED) is 0.150. The van der Waals surface area contributed by atoms with E-state index < -0.39 is 43.1 Å². The minimum absolute atomic E-state index is 0.100. The number of aliphatic imine (C=N–C) groups is 1. The molecule has 8 heteroatoms. The first-order valence-corrected chi connectivity index (χ1v) is 19.5. The Kier molecular flexibility index (Phi) is 9.13. The number of nitrogens with zero attached hydrogens (tertiary/aromatic N) is 3. The van der Waals surface area contributed by atoms with E-state index in [0.29, 0.717) is 23.7 Å². The van der Waals surface area contributed by atoms with Crippen molar-refractivity contribution in [1.82, 2.24) is 4.90 Å². The molecule has 4 unspecified atom stereocenters. The molecule has 0 amide bonds. The van der Waals surface area contributed by atoms with E-state index in [2.05, 4.69) is 41.3 Å². The summed E-state index contributed by atoms with van der Waals surface area (Å²) in [5.74, 6) is 0. The van der Waals surface area contributed by atoms with Crippen molar-refractivity contribution in [2.75, 3.05) is 6.54 Å². The van der Waals surface area contributed by atoms with Crippen LogP contribution in [0.15, 0.2) is 114 Å². The second-order valence-electron chi connectivity index (χ2n) is 12.9. The van der Waals surface area contributed by atoms with Gasteiger partial charge in [-0.05, 0) is 0 Å². The van der Waals surface area contributed by atoms with E-state index in [1.807, 2.05) is 74.8 Å². The maximum absolute atomic E-state index is 13.9. The molecule has 2 aliphatic rings. The molecule has 4 aromatic carbocycles. The summed E-state index contributed by atoms with van der Waals surface area (Å²) in [5, 5.41) is 22.7. The van der Waals surface area contributed by atoms with E-state index in [0.717, 1.165) is 34.7 Å². The second-order valence-corrected chi connectivity index (χ2v) is 18.8. The van der Waals surface area contributed by atoms with Crippen molar-refractivity contribution >= 4 is 25.3 Å². The Labute approximate surface area is 279 Å². The van der Waals surface area contributed by atoms with Gasteiger partial charge in [-0.2, -0.15) is 0 Å². The zero-order chi connectivity index (χ0) is 33.3. The molecule has 1 saturated carbocycles. The van der Waals surface area contributed by atoms with Crippen LogP contribution in [0.25, 0.3) is 0 Å². The van der Waals surface area contributed by atoms with Crippen LogP contribution in [0.4, 0.5) is 13.2 Å². The first-order valence-electron chi connectivity index (χ1n) is 16.1. The molecule has 47 heavy (non-hydrogen) atoms. The predicted molar refractivity (Wildman–Crippen MR) is 182 cm³/mol. The summed E-state index contributed by atoms with van der Waals surface area (Å²) in [6.45, 7) is 4.54. The molecule has 4 atom stereocenters. The number of hydrogen-bond donors (Lipinski definition) is 1. The van der Waals surface area contributed by atoms with Crippen molar-refractivity contribution < 1.29 is 18.3 Å². The first-order chi connectivity index (χ1) is 22.6. The van der Waals surface area contributed by atoms with E-state index in [4.69, 9.17) is 4.99 Å². The monoisotopic (exact) mass is 697 g/mol. The fourth-order valence-electron chi connectivity index (χ4n) is 7.79. The summed E-state index contributed by atoms with van der Waals surface area (Å²) < 4.78 is 42.5. The summed E-state index contributed by atoms with van der Waals surface area (Å²) in [7, 11) is 0. The van der Waals surface area contributed by atoms with Gasteiger partial charge in [0.05, 0.1) is 0 Å². The van der Waals surface area contributed by atoms with Crippen LogP contribution in [-0.4, -0.2) is 48.7 Å². The van der Waals surface area contributed by atoms with Gasteiger partial charge in [-0.3, -0.25) is 0 Å². The normalized spacial score (nSPS) is 23.8. The first kappa shape index (κ1) is 33.1. The van der Waals surface area contributed by atoms with E-state index in [9.17, 15) is 23.5 Å². The number of alkyl halides is 3. The molecule has 0 spiro atoms. The molecule has 0 aromatic heterocycles. The fourth-order valence-corrected chi connectivity index (χ4v) is 13.8. The molecule has 242 valence electrons. The summed E-state index contributed by atoms with van der Waals surface area (Å²) in [4.78, 5) is 7.39. The Morgan fingerprint density at radius 1 is 0.915 bits per heavy atom. The van der Waals surface area contributed by atoms with Crippen LogP contribution in [0.5, 0.6) is 0 Å². The zero-order valence-electron chi connectivity index (χ0n) is 26.7. The van der Waals surface area contributed by atoms with E-state index in [1.54, 1.807) is 12.1 Å². The Morgan fingerprint density at radius 3 is 1.96 bits per heavy atom. The van der Waals surface area contributed by atoms with Gasteiger partial charge in [-0.25, -0.2) is 0 Å². The molecule has 4 aromatic rings. The number of benzene rings is 4. The van der Waals surface area contributed by atoms with Gasteiger partial charge in [0.15, 0.2) is 0 Å². The van der Waals surface area contributed by atoms with Crippen LogP contribution < -0.4 is 4.35 Å². The molecule has 1 fully saturated rings. The Morgan fingerprint density at radius 2 is 1.47 bits per heavy atom. The third kappa shape index (κ3) is 5.92. The molecule has 0 saturated heterocycles. The second kappa shape index (κ2) is 13.0. The van der Waals surface area contributed by atoms with Gasteiger partial charge in [-0.1, -0.05) is 0 Å². The van der Waals surface area contributed by atoms with Crippen LogP contribution >= 0.6 is 0 Å². The number of nitriles is 1. The van der Waals surface area contributed by atoms with Crippen LogP contribution in [0, 0.1) is 11.3 Å². The van der Waals surface area contributed by atoms with Crippen molar-refractivity contribution in [3.05, 3.63) is 137 Å². The van der Waals surface area contributed by atoms with Gasteiger partial charge < -0.3 is 0 Å². The van der Waals surface area contributed by atoms with Crippen LogP contribution in [0.2, 0.25) is 9.91 Å². The zero-order valence-corrected chi connectivity index (χ0v) is 28.5. The van der Waals surface area contributed by atoms with E-state index >= 15 is 0 Å². The van der Waals surface area contributed by atoms with Crippen LogP contribution in [-0.2, 0) is 11.7 Å². The molecule has 6 rings (SSSR count). The molecule has 1 heterocycles. The van der Waals surface area contributed by atoms with Gasteiger partial charge in [0, 0.05) is 0 Å². The Balaban J connectivity index is 1.37. The summed E-state index contributed by atoms with van der Waals surface area (Å²) in [5.41, 5.74) is -0.655. The van der Waals surface area contributed by atoms with Crippen molar-refractivity contribution in [2.24, 2.45) is 4.99 Å². The molecule has 4 nitrogen and oxygen atoms in total. The topological polar surface area (TPSA) is 59.6 Å². The van der Waals surface area contributed by atoms with Gasteiger partial charge in [-0.15, -0.1) is 0 Å². The third-order valence-corrected chi connectivity index (χ3v) is 16.4.